The molecule has 1 amide bonds. The van der Waals surface area contributed by atoms with Crippen LogP contribution in [0.25, 0.3) is 0 Å². The van der Waals surface area contributed by atoms with Crippen molar-refractivity contribution in [1.29, 1.82) is 0 Å². The molecule has 3 rings (SSSR count). The number of halogens is 2. The Morgan fingerprint density at radius 3 is 2.65 bits per heavy atom. The molecule has 4 nitrogen and oxygen atoms in total. The largest absolute Gasteiger partial charge is 0.381 e. The Morgan fingerprint density at radius 1 is 1.26 bits per heavy atom. The Morgan fingerprint density at radius 2 is 2.00 bits per heavy atom. The van der Waals surface area contributed by atoms with Crippen molar-refractivity contribution in [3.63, 3.8) is 0 Å². The van der Waals surface area contributed by atoms with Crippen LogP contribution in [0.1, 0.15) is 64.4 Å². The first-order chi connectivity index (χ1) is 14.9. The van der Waals surface area contributed by atoms with Gasteiger partial charge in [-0.25, -0.2) is 4.39 Å². The number of carbonyl (C=O) groups is 1. The van der Waals surface area contributed by atoms with E-state index >= 15 is 0 Å². The predicted octanol–water partition coefficient (Wildman–Crippen LogP) is 5.35. The summed E-state index contributed by atoms with van der Waals surface area (Å²) in [5.41, 5.74) is 0.621. The summed E-state index contributed by atoms with van der Waals surface area (Å²) in [5, 5.41) is 0.393. The topological polar surface area (TPSA) is 32.8 Å². The van der Waals surface area contributed by atoms with Gasteiger partial charge in [0.05, 0.1) is 5.92 Å². The summed E-state index contributed by atoms with van der Waals surface area (Å²) in [4.78, 5) is 18.2. The lowest BCUT2D eigenvalue weighted by Gasteiger charge is -2.31. The lowest BCUT2D eigenvalue weighted by atomic mass is 9.87. The molecule has 0 aliphatic carbocycles. The molecule has 0 aromatic heterocycles. The maximum absolute atomic E-state index is 14.9. The smallest absolute Gasteiger partial charge is 0.227 e. The second-order valence-corrected chi connectivity index (χ2v) is 9.74. The fourth-order valence-electron chi connectivity index (χ4n) is 4.97. The third-order valence-electron chi connectivity index (χ3n) is 7.13. The van der Waals surface area contributed by atoms with Crippen molar-refractivity contribution in [2.45, 2.75) is 64.8 Å². The third kappa shape index (κ3) is 6.21. The van der Waals surface area contributed by atoms with Gasteiger partial charge >= 0.3 is 0 Å². The van der Waals surface area contributed by atoms with Crippen LogP contribution in [-0.2, 0) is 9.53 Å². The first-order valence-corrected chi connectivity index (χ1v) is 12.4. The molecule has 2 aliphatic rings. The van der Waals surface area contributed by atoms with Gasteiger partial charge < -0.3 is 9.64 Å². The number of hydrogen-bond acceptors (Lipinski definition) is 3. The van der Waals surface area contributed by atoms with E-state index in [-0.39, 0.29) is 23.6 Å². The van der Waals surface area contributed by atoms with Gasteiger partial charge in [0.15, 0.2) is 0 Å². The summed E-state index contributed by atoms with van der Waals surface area (Å²) in [6.45, 7) is 11.0. The van der Waals surface area contributed by atoms with Crippen molar-refractivity contribution >= 4 is 17.5 Å². The maximum atomic E-state index is 14.9. The van der Waals surface area contributed by atoms with E-state index in [9.17, 15) is 9.18 Å². The average molecular weight is 453 g/mol. The molecule has 1 aromatic rings. The number of amides is 1. The van der Waals surface area contributed by atoms with Gasteiger partial charge in [0, 0.05) is 56.4 Å². The Bertz CT molecular complexity index is 725. The van der Waals surface area contributed by atoms with Gasteiger partial charge in [-0.1, -0.05) is 44.9 Å². The summed E-state index contributed by atoms with van der Waals surface area (Å²) in [7, 11) is 0. The van der Waals surface area contributed by atoms with Gasteiger partial charge in [-0.05, 0) is 49.3 Å². The number of rotatable bonds is 9. The molecule has 6 heteroatoms. The van der Waals surface area contributed by atoms with Crippen LogP contribution in [0, 0.1) is 17.7 Å². The average Bonchev–Trinajstić information content (AvgIpc) is 3.21. The van der Waals surface area contributed by atoms with Crippen LogP contribution < -0.4 is 0 Å². The van der Waals surface area contributed by atoms with Crippen LogP contribution in [0.3, 0.4) is 0 Å². The van der Waals surface area contributed by atoms with Crippen molar-refractivity contribution in [3.05, 3.63) is 34.6 Å². The van der Waals surface area contributed by atoms with E-state index in [0.717, 1.165) is 58.4 Å². The number of carbonyl (C=O) groups excluding carboxylic acids is 1. The van der Waals surface area contributed by atoms with E-state index in [0.29, 0.717) is 35.6 Å². The molecule has 3 atom stereocenters. The van der Waals surface area contributed by atoms with Crippen molar-refractivity contribution in [3.8, 4) is 0 Å². The van der Waals surface area contributed by atoms with Gasteiger partial charge in [-0.2, -0.15) is 0 Å². The monoisotopic (exact) mass is 452 g/mol. The van der Waals surface area contributed by atoms with Crippen molar-refractivity contribution in [2.24, 2.45) is 11.8 Å². The first kappa shape index (κ1) is 24.5. The number of benzene rings is 1. The highest BCUT2D eigenvalue weighted by Gasteiger charge is 2.43. The zero-order chi connectivity index (χ0) is 22.4. The number of ether oxygens (including phenoxy) is 1. The summed E-state index contributed by atoms with van der Waals surface area (Å²) in [5.74, 6) is 0.112. The minimum absolute atomic E-state index is 0.143. The minimum atomic E-state index is -0.300. The fourth-order valence-corrected chi connectivity index (χ4v) is 5.13. The molecule has 1 aromatic carbocycles. The predicted molar refractivity (Wildman–Crippen MR) is 124 cm³/mol. The molecule has 0 spiro atoms. The second-order valence-electron chi connectivity index (χ2n) is 9.30. The molecular formula is C25H38ClFN2O2. The van der Waals surface area contributed by atoms with Crippen LogP contribution in [0.5, 0.6) is 0 Å². The Hall–Kier alpha value is -1.17. The molecule has 174 valence electrons. The Kier molecular flexibility index (Phi) is 9.18. The van der Waals surface area contributed by atoms with Crippen LogP contribution >= 0.6 is 11.6 Å². The Labute approximate surface area is 192 Å². The summed E-state index contributed by atoms with van der Waals surface area (Å²) in [6, 6.07) is 5.30. The number of nitrogens with zero attached hydrogens (tertiary/aromatic N) is 2. The molecule has 0 radical (unpaired) electrons. The number of hydrogen-bond donors (Lipinski definition) is 0. The molecule has 0 saturated carbocycles. The van der Waals surface area contributed by atoms with E-state index in [1.807, 2.05) is 4.90 Å². The zero-order valence-corrected chi connectivity index (χ0v) is 20.0. The molecule has 31 heavy (non-hydrogen) atoms. The normalized spacial score (nSPS) is 23.8. The van der Waals surface area contributed by atoms with Gasteiger partial charge in [0.25, 0.3) is 0 Å². The third-order valence-corrected chi connectivity index (χ3v) is 7.36. The van der Waals surface area contributed by atoms with Gasteiger partial charge in [0.1, 0.15) is 5.82 Å². The molecule has 0 N–H and O–H groups in total. The van der Waals surface area contributed by atoms with Crippen molar-refractivity contribution in [1.82, 2.24) is 9.80 Å². The molecular weight excluding hydrogens is 415 g/mol. The summed E-state index contributed by atoms with van der Waals surface area (Å²) in [6.07, 6.45) is 5.02. The van der Waals surface area contributed by atoms with E-state index < -0.39 is 0 Å². The Balaban J connectivity index is 1.83. The molecule has 2 aliphatic heterocycles. The van der Waals surface area contributed by atoms with E-state index in [2.05, 4.69) is 25.7 Å². The molecule has 2 fully saturated rings. The molecule has 2 unspecified atom stereocenters. The quantitative estimate of drug-likeness (QED) is 0.506. The van der Waals surface area contributed by atoms with Crippen molar-refractivity contribution in [2.75, 3.05) is 39.4 Å². The van der Waals surface area contributed by atoms with Crippen LogP contribution in [0.4, 0.5) is 4.39 Å². The van der Waals surface area contributed by atoms with Gasteiger partial charge in [-0.15, -0.1) is 0 Å². The standard InChI is InChI=1S/C25H38ClFN2O2/c1-4-11-28(12-8-18(3)5-2)25(30)23-17-29(20-9-13-31-14-10-20)16-22(23)21-7-6-19(26)15-24(21)27/h6-7,15,18,20,22-23H,4-5,8-14,16-17H2,1-3H3/t18?,22-,23?/m0/s1. The lowest BCUT2D eigenvalue weighted by molar-refractivity contribution is -0.135. The highest BCUT2D eigenvalue weighted by molar-refractivity contribution is 6.30. The minimum Gasteiger partial charge on any atom is -0.381 e. The summed E-state index contributed by atoms with van der Waals surface area (Å²) >= 11 is 6.01. The molecule has 2 saturated heterocycles. The highest BCUT2D eigenvalue weighted by Crippen LogP contribution is 2.38. The second kappa shape index (κ2) is 11.6. The van der Waals surface area contributed by atoms with Crippen molar-refractivity contribution < 1.29 is 13.9 Å². The van der Waals surface area contributed by atoms with Gasteiger partial charge in [-0.3, -0.25) is 9.69 Å². The summed E-state index contributed by atoms with van der Waals surface area (Å²) < 4.78 is 20.4. The van der Waals surface area contributed by atoms with E-state index in [1.54, 1.807) is 12.1 Å². The van der Waals surface area contributed by atoms with E-state index in [1.165, 1.54) is 6.07 Å². The highest BCUT2D eigenvalue weighted by atomic mass is 35.5. The maximum Gasteiger partial charge on any atom is 0.227 e. The molecule has 2 heterocycles. The van der Waals surface area contributed by atoms with E-state index in [4.69, 9.17) is 16.3 Å². The van der Waals surface area contributed by atoms with Crippen LogP contribution in [0.15, 0.2) is 18.2 Å². The lowest BCUT2D eigenvalue weighted by Crippen LogP contribution is -2.42. The SMILES string of the molecule is CCCN(CCC(C)CC)C(=O)C1CN(C2CCOCC2)C[C@H]1c1ccc(Cl)cc1F. The number of likely N-dealkylation sites (tertiary alicyclic amines) is 1. The molecule has 0 bridgehead atoms. The van der Waals surface area contributed by atoms with Crippen LogP contribution in [-0.4, -0.2) is 61.1 Å². The fraction of sp³-hybridized carbons (Fsp3) is 0.720. The first-order valence-electron chi connectivity index (χ1n) is 12.0. The van der Waals surface area contributed by atoms with Crippen LogP contribution in [0.2, 0.25) is 5.02 Å². The van der Waals surface area contributed by atoms with Gasteiger partial charge in [0.2, 0.25) is 5.91 Å². The zero-order valence-electron chi connectivity index (χ0n) is 19.3.